The predicted molar refractivity (Wildman–Crippen MR) is 60.3 cm³/mol. The fraction of sp³-hybridized carbons (Fsp3) is 0.273. The lowest BCUT2D eigenvalue weighted by atomic mass is 10.1. The van der Waals surface area contributed by atoms with E-state index in [-0.39, 0.29) is 0 Å². The third kappa shape index (κ3) is 3.27. The lowest BCUT2D eigenvalue weighted by Gasteiger charge is -2.21. The number of hydrogen-bond donors (Lipinski definition) is 3. The molecule has 5 nitrogen and oxygen atoms in total. The van der Waals surface area contributed by atoms with E-state index in [9.17, 15) is 9.59 Å². The normalized spacial score (nSPS) is 10.6. The van der Waals surface area contributed by atoms with E-state index in [4.69, 9.17) is 5.11 Å². The smallest absolute Gasteiger partial charge is 0.328 e. The van der Waals surface area contributed by atoms with Crippen molar-refractivity contribution in [2.75, 3.05) is 5.32 Å². The van der Waals surface area contributed by atoms with Crippen molar-refractivity contribution in [3.05, 3.63) is 30.3 Å². The second-order valence-corrected chi connectivity index (χ2v) is 3.88. The summed E-state index contributed by atoms with van der Waals surface area (Å²) < 4.78 is 0. The number of carbonyl (C=O) groups excluding carboxylic acids is 1. The third-order valence-electron chi connectivity index (χ3n) is 1.99. The Bertz CT molecular complexity index is 387. The molecule has 5 heteroatoms. The number of carboxylic acid groups (broad SMARTS) is 1. The molecule has 0 radical (unpaired) electrons. The van der Waals surface area contributed by atoms with Gasteiger partial charge >= 0.3 is 12.0 Å². The highest BCUT2D eigenvalue weighted by Gasteiger charge is 2.28. The van der Waals surface area contributed by atoms with Gasteiger partial charge in [-0.05, 0) is 26.0 Å². The first-order valence-electron chi connectivity index (χ1n) is 4.79. The van der Waals surface area contributed by atoms with Crippen LogP contribution in [-0.4, -0.2) is 22.6 Å². The molecular weight excluding hydrogens is 208 g/mol. The summed E-state index contributed by atoms with van der Waals surface area (Å²) in [5, 5.41) is 13.7. The molecule has 0 aliphatic heterocycles. The predicted octanol–water partition coefficient (Wildman–Crippen LogP) is 1.67. The Morgan fingerprint density at radius 2 is 1.75 bits per heavy atom. The molecule has 16 heavy (non-hydrogen) atoms. The average Bonchev–Trinajstić information content (AvgIpc) is 2.17. The molecule has 0 bridgehead atoms. The van der Waals surface area contributed by atoms with E-state index in [2.05, 4.69) is 10.6 Å². The summed E-state index contributed by atoms with van der Waals surface area (Å²) in [7, 11) is 0. The van der Waals surface area contributed by atoms with Crippen molar-refractivity contribution in [2.24, 2.45) is 0 Å². The molecule has 1 aromatic carbocycles. The molecule has 1 rings (SSSR count). The minimum absolute atomic E-state index is 0.543. The zero-order valence-corrected chi connectivity index (χ0v) is 9.15. The summed E-state index contributed by atoms with van der Waals surface area (Å²) in [5.74, 6) is -1.09. The van der Waals surface area contributed by atoms with Crippen LogP contribution in [0.4, 0.5) is 10.5 Å². The first-order valence-corrected chi connectivity index (χ1v) is 4.79. The minimum atomic E-state index is -1.29. The van der Waals surface area contributed by atoms with E-state index in [0.717, 1.165) is 0 Å². The minimum Gasteiger partial charge on any atom is -0.480 e. The Morgan fingerprint density at radius 3 is 2.25 bits per heavy atom. The van der Waals surface area contributed by atoms with Gasteiger partial charge in [-0.15, -0.1) is 0 Å². The first-order chi connectivity index (χ1) is 7.42. The van der Waals surface area contributed by atoms with Gasteiger partial charge in [0.15, 0.2) is 0 Å². The van der Waals surface area contributed by atoms with Crippen molar-refractivity contribution in [1.29, 1.82) is 0 Å². The second kappa shape index (κ2) is 4.65. The summed E-state index contributed by atoms with van der Waals surface area (Å²) >= 11 is 0. The summed E-state index contributed by atoms with van der Waals surface area (Å²) in [6, 6.07) is 8.26. The highest BCUT2D eigenvalue weighted by atomic mass is 16.4. The van der Waals surface area contributed by atoms with E-state index in [0.29, 0.717) is 5.69 Å². The first kappa shape index (κ1) is 12.0. The molecule has 0 unspecified atom stereocenters. The quantitative estimate of drug-likeness (QED) is 0.727. The zero-order valence-electron chi connectivity index (χ0n) is 9.15. The number of para-hydroxylation sites is 1. The van der Waals surface area contributed by atoms with Gasteiger partial charge in [-0.2, -0.15) is 0 Å². The van der Waals surface area contributed by atoms with E-state index in [1.807, 2.05) is 6.07 Å². The van der Waals surface area contributed by atoms with Gasteiger partial charge in [0.25, 0.3) is 0 Å². The van der Waals surface area contributed by atoms with Crippen LogP contribution in [0.15, 0.2) is 30.3 Å². The lowest BCUT2D eigenvalue weighted by Crippen LogP contribution is -2.51. The van der Waals surface area contributed by atoms with E-state index >= 15 is 0 Å². The van der Waals surface area contributed by atoms with Gasteiger partial charge in [0.2, 0.25) is 0 Å². The Hall–Kier alpha value is -2.04. The topological polar surface area (TPSA) is 78.4 Å². The monoisotopic (exact) mass is 222 g/mol. The van der Waals surface area contributed by atoms with Gasteiger partial charge in [-0.3, -0.25) is 0 Å². The number of rotatable bonds is 3. The Labute approximate surface area is 93.5 Å². The van der Waals surface area contributed by atoms with Gasteiger partial charge in [0.1, 0.15) is 5.54 Å². The van der Waals surface area contributed by atoms with E-state index in [1.54, 1.807) is 24.3 Å². The van der Waals surface area contributed by atoms with Crippen LogP contribution in [0.3, 0.4) is 0 Å². The van der Waals surface area contributed by atoms with Crippen molar-refractivity contribution in [3.63, 3.8) is 0 Å². The molecule has 0 heterocycles. The molecule has 0 spiro atoms. The van der Waals surface area contributed by atoms with E-state index < -0.39 is 17.5 Å². The van der Waals surface area contributed by atoms with Gasteiger partial charge < -0.3 is 15.7 Å². The lowest BCUT2D eigenvalue weighted by molar-refractivity contribution is -0.142. The number of carbonyl (C=O) groups is 2. The number of hydrogen-bond acceptors (Lipinski definition) is 2. The molecular formula is C11H14N2O3. The summed E-state index contributed by atoms with van der Waals surface area (Å²) in [6.45, 7) is 2.83. The molecule has 0 atom stereocenters. The van der Waals surface area contributed by atoms with Gasteiger partial charge in [-0.1, -0.05) is 18.2 Å². The summed E-state index contributed by atoms with van der Waals surface area (Å²) in [6.07, 6.45) is 0. The van der Waals surface area contributed by atoms with Crippen molar-refractivity contribution in [1.82, 2.24) is 5.32 Å². The molecule has 0 fully saturated rings. The Morgan fingerprint density at radius 1 is 1.19 bits per heavy atom. The number of benzene rings is 1. The molecule has 0 aliphatic carbocycles. The fourth-order valence-corrected chi connectivity index (χ4v) is 1.02. The molecule has 1 aromatic rings. The SMILES string of the molecule is CC(C)(NC(=O)Nc1ccccc1)C(=O)O. The third-order valence-corrected chi connectivity index (χ3v) is 1.99. The van der Waals surface area contributed by atoms with Crippen molar-refractivity contribution in [3.8, 4) is 0 Å². The Balaban J connectivity index is 2.58. The largest absolute Gasteiger partial charge is 0.480 e. The summed E-state index contributed by atoms with van der Waals surface area (Å²) in [5.41, 5.74) is -0.681. The average molecular weight is 222 g/mol. The molecule has 86 valence electrons. The molecule has 0 saturated heterocycles. The molecule has 3 N–H and O–H groups in total. The highest BCUT2D eigenvalue weighted by molar-refractivity contribution is 5.93. The number of amides is 2. The highest BCUT2D eigenvalue weighted by Crippen LogP contribution is 2.06. The van der Waals surface area contributed by atoms with Crippen molar-refractivity contribution in [2.45, 2.75) is 19.4 Å². The van der Waals surface area contributed by atoms with Crippen LogP contribution in [0.2, 0.25) is 0 Å². The molecule has 0 saturated carbocycles. The van der Waals surface area contributed by atoms with Gasteiger partial charge in [0, 0.05) is 5.69 Å². The Kier molecular flexibility index (Phi) is 3.50. The maximum atomic E-state index is 11.4. The standard InChI is InChI=1S/C11H14N2O3/c1-11(2,9(14)15)13-10(16)12-8-6-4-3-5-7-8/h3-7H,1-2H3,(H,14,15)(H2,12,13,16). The van der Waals surface area contributed by atoms with Gasteiger partial charge in [0.05, 0.1) is 0 Å². The molecule has 2 amide bonds. The van der Waals surface area contributed by atoms with Crippen LogP contribution >= 0.6 is 0 Å². The zero-order chi connectivity index (χ0) is 12.2. The number of aliphatic carboxylic acids is 1. The number of carboxylic acids is 1. The fourth-order valence-electron chi connectivity index (χ4n) is 1.02. The van der Waals surface area contributed by atoms with Crippen LogP contribution < -0.4 is 10.6 Å². The molecule has 0 aliphatic rings. The second-order valence-electron chi connectivity index (χ2n) is 3.88. The van der Waals surface area contributed by atoms with Crippen LogP contribution in [0.5, 0.6) is 0 Å². The van der Waals surface area contributed by atoms with Crippen LogP contribution in [0.1, 0.15) is 13.8 Å². The van der Waals surface area contributed by atoms with Crippen LogP contribution in [0.25, 0.3) is 0 Å². The van der Waals surface area contributed by atoms with E-state index in [1.165, 1.54) is 13.8 Å². The molecule has 0 aromatic heterocycles. The van der Waals surface area contributed by atoms with Crippen LogP contribution in [0, 0.1) is 0 Å². The van der Waals surface area contributed by atoms with Crippen LogP contribution in [-0.2, 0) is 4.79 Å². The maximum Gasteiger partial charge on any atom is 0.328 e. The van der Waals surface area contributed by atoms with Crippen molar-refractivity contribution < 1.29 is 14.7 Å². The van der Waals surface area contributed by atoms with Gasteiger partial charge in [-0.25, -0.2) is 9.59 Å². The summed E-state index contributed by atoms with van der Waals surface area (Å²) in [4.78, 5) is 22.2. The van der Waals surface area contributed by atoms with Crippen molar-refractivity contribution >= 4 is 17.7 Å². The maximum absolute atomic E-state index is 11.4. The number of anilines is 1. The number of nitrogens with one attached hydrogen (secondary N) is 2. The number of urea groups is 1.